The van der Waals surface area contributed by atoms with Gasteiger partial charge < -0.3 is 13.9 Å². The summed E-state index contributed by atoms with van der Waals surface area (Å²) in [6.45, 7) is 4.78. The SMILES string of the molecule is CCOP(=O)(Cn1cc(CN2c3ccccc3Sc3ccccc32)nn1)OCC. The maximum Gasteiger partial charge on any atom is 0.351 e. The minimum absolute atomic E-state index is 0.0463. The number of aromatic nitrogens is 3. The van der Waals surface area contributed by atoms with Gasteiger partial charge in [-0.2, -0.15) is 0 Å². The lowest BCUT2D eigenvalue weighted by atomic mass is 10.2. The largest absolute Gasteiger partial charge is 0.351 e. The minimum Gasteiger partial charge on any atom is -0.333 e. The Morgan fingerprint density at radius 2 is 1.55 bits per heavy atom. The van der Waals surface area contributed by atoms with E-state index in [1.165, 1.54) is 14.5 Å². The number of benzene rings is 2. The van der Waals surface area contributed by atoms with Gasteiger partial charge in [0, 0.05) is 9.79 Å². The summed E-state index contributed by atoms with van der Waals surface area (Å²) in [5, 5.41) is 8.44. The van der Waals surface area contributed by atoms with Crippen LogP contribution in [0, 0.1) is 0 Å². The van der Waals surface area contributed by atoms with Crippen molar-refractivity contribution >= 4 is 30.7 Å². The molecule has 1 aliphatic heterocycles. The first kappa shape index (κ1) is 20.2. The van der Waals surface area contributed by atoms with E-state index in [0.717, 1.165) is 17.1 Å². The van der Waals surface area contributed by atoms with E-state index >= 15 is 0 Å². The Morgan fingerprint density at radius 1 is 0.966 bits per heavy atom. The molecule has 3 aromatic rings. The van der Waals surface area contributed by atoms with Crippen LogP contribution in [0.2, 0.25) is 0 Å². The molecule has 0 saturated heterocycles. The van der Waals surface area contributed by atoms with Crippen molar-refractivity contribution in [3.05, 3.63) is 60.4 Å². The summed E-state index contributed by atoms with van der Waals surface area (Å²) >= 11 is 1.77. The number of para-hydroxylation sites is 2. The summed E-state index contributed by atoms with van der Waals surface area (Å²) in [6.07, 6.45) is 1.85. The molecular weight excluding hydrogens is 407 g/mol. The summed E-state index contributed by atoms with van der Waals surface area (Å²) < 4.78 is 25.0. The molecule has 0 radical (unpaired) electrons. The van der Waals surface area contributed by atoms with Gasteiger partial charge >= 0.3 is 7.60 Å². The van der Waals surface area contributed by atoms with Crippen LogP contribution in [0.1, 0.15) is 19.5 Å². The first-order chi connectivity index (χ1) is 14.1. The fourth-order valence-electron chi connectivity index (χ4n) is 3.28. The quantitative estimate of drug-likeness (QED) is 0.449. The highest BCUT2D eigenvalue weighted by Crippen LogP contribution is 2.50. The summed E-state index contributed by atoms with van der Waals surface area (Å²) in [4.78, 5) is 4.65. The lowest BCUT2D eigenvalue weighted by Crippen LogP contribution is -2.20. The van der Waals surface area contributed by atoms with E-state index in [-0.39, 0.29) is 6.29 Å². The van der Waals surface area contributed by atoms with Gasteiger partial charge in [-0.05, 0) is 38.1 Å². The van der Waals surface area contributed by atoms with Crippen molar-refractivity contribution in [1.82, 2.24) is 15.0 Å². The Balaban J connectivity index is 1.59. The fourth-order valence-corrected chi connectivity index (χ4v) is 5.90. The lowest BCUT2D eigenvalue weighted by molar-refractivity contribution is 0.213. The van der Waals surface area contributed by atoms with Crippen LogP contribution in [0.15, 0.2) is 64.5 Å². The summed E-state index contributed by atoms with van der Waals surface area (Å²) in [7, 11) is -3.23. The van der Waals surface area contributed by atoms with Crippen molar-refractivity contribution in [2.24, 2.45) is 0 Å². The zero-order valence-corrected chi connectivity index (χ0v) is 18.1. The third-order valence-electron chi connectivity index (χ3n) is 4.41. The van der Waals surface area contributed by atoms with E-state index < -0.39 is 7.60 Å². The predicted octanol–water partition coefficient (Wildman–Crippen LogP) is 5.30. The van der Waals surface area contributed by atoms with Gasteiger partial charge in [-0.15, -0.1) is 5.10 Å². The third kappa shape index (κ3) is 4.41. The van der Waals surface area contributed by atoms with E-state index in [0.29, 0.717) is 19.8 Å². The predicted molar refractivity (Wildman–Crippen MR) is 114 cm³/mol. The first-order valence-electron chi connectivity index (χ1n) is 9.52. The summed E-state index contributed by atoms with van der Waals surface area (Å²) in [6, 6.07) is 16.7. The summed E-state index contributed by atoms with van der Waals surface area (Å²) in [5.41, 5.74) is 3.06. The maximum absolute atomic E-state index is 12.8. The molecule has 2 aromatic carbocycles. The Morgan fingerprint density at radius 3 is 2.14 bits per heavy atom. The van der Waals surface area contributed by atoms with Crippen LogP contribution in [0.4, 0.5) is 11.4 Å². The lowest BCUT2D eigenvalue weighted by Gasteiger charge is -2.32. The number of hydrogen-bond donors (Lipinski definition) is 0. The molecule has 4 rings (SSSR count). The van der Waals surface area contributed by atoms with E-state index in [1.807, 2.05) is 24.3 Å². The molecule has 0 atom stereocenters. The normalized spacial score (nSPS) is 13.2. The molecule has 0 spiro atoms. The zero-order valence-electron chi connectivity index (χ0n) is 16.4. The maximum atomic E-state index is 12.8. The molecule has 0 unspecified atom stereocenters. The highest BCUT2D eigenvalue weighted by atomic mass is 32.2. The van der Waals surface area contributed by atoms with Crippen LogP contribution in [0.25, 0.3) is 0 Å². The number of hydrogen-bond acceptors (Lipinski definition) is 7. The van der Waals surface area contributed by atoms with Crippen molar-refractivity contribution in [1.29, 1.82) is 0 Å². The molecule has 1 aliphatic rings. The molecule has 0 aliphatic carbocycles. The molecule has 0 saturated carbocycles. The first-order valence-corrected chi connectivity index (χ1v) is 12.1. The topological polar surface area (TPSA) is 69.5 Å². The van der Waals surface area contributed by atoms with Gasteiger partial charge in [0.15, 0.2) is 0 Å². The van der Waals surface area contributed by atoms with Gasteiger partial charge in [-0.1, -0.05) is 41.2 Å². The Hall–Kier alpha value is -2.12. The van der Waals surface area contributed by atoms with Gasteiger partial charge in [-0.25, -0.2) is 4.68 Å². The Bertz CT molecular complexity index is 986. The van der Waals surface area contributed by atoms with Crippen LogP contribution in [-0.2, 0) is 26.4 Å². The van der Waals surface area contributed by atoms with Crippen molar-refractivity contribution in [3.8, 4) is 0 Å². The van der Waals surface area contributed by atoms with Gasteiger partial charge in [-0.3, -0.25) is 4.57 Å². The van der Waals surface area contributed by atoms with Gasteiger partial charge in [0.2, 0.25) is 0 Å². The Kier molecular flexibility index (Phi) is 6.06. The fraction of sp³-hybridized carbons (Fsp3) is 0.300. The molecule has 1 aromatic heterocycles. The van der Waals surface area contributed by atoms with Crippen LogP contribution in [0.5, 0.6) is 0 Å². The van der Waals surface area contributed by atoms with Crippen LogP contribution < -0.4 is 4.90 Å². The number of fused-ring (bicyclic) bond motifs is 2. The van der Waals surface area contributed by atoms with Crippen molar-refractivity contribution < 1.29 is 13.6 Å². The highest BCUT2D eigenvalue weighted by molar-refractivity contribution is 7.99. The summed E-state index contributed by atoms with van der Waals surface area (Å²) in [5.74, 6) is 0. The highest BCUT2D eigenvalue weighted by Gasteiger charge is 2.27. The molecule has 0 bridgehead atoms. The minimum atomic E-state index is -3.23. The molecule has 0 N–H and O–H groups in total. The molecule has 29 heavy (non-hydrogen) atoms. The number of nitrogens with zero attached hydrogens (tertiary/aromatic N) is 4. The number of anilines is 2. The van der Waals surface area contributed by atoms with Crippen LogP contribution >= 0.6 is 19.4 Å². The second-order valence-electron chi connectivity index (χ2n) is 6.46. The monoisotopic (exact) mass is 430 g/mol. The second kappa shape index (κ2) is 8.71. The van der Waals surface area contributed by atoms with E-state index in [1.54, 1.807) is 31.8 Å². The van der Waals surface area contributed by atoms with E-state index in [9.17, 15) is 4.57 Å². The number of rotatable bonds is 8. The molecule has 2 heterocycles. The van der Waals surface area contributed by atoms with Crippen LogP contribution in [-0.4, -0.2) is 28.2 Å². The van der Waals surface area contributed by atoms with E-state index in [2.05, 4.69) is 39.5 Å². The second-order valence-corrected chi connectivity index (χ2v) is 9.57. The molecule has 7 nitrogen and oxygen atoms in total. The standard InChI is InChI=1S/C20H23N4O3PS/c1-3-26-28(25,27-4-2)15-23-13-16(21-22-23)14-24-17-9-5-7-11-19(17)29-20-12-8-6-10-18(20)24/h5-13H,3-4,14-15H2,1-2H3. The van der Waals surface area contributed by atoms with Gasteiger partial charge in [0.25, 0.3) is 0 Å². The van der Waals surface area contributed by atoms with Crippen molar-refractivity contribution in [2.45, 2.75) is 36.5 Å². The third-order valence-corrected chi connectivity index (χ3v) is 7.48. The molecule has 0 amide bonds. The molecular formula is C20H23N4O3PS. The van der Waals surface area contributed by atoms with Crippen molar-refractivity contribution in [2.75, 3.05) is 18.1 Å². The Labute approximate surface area is 174 Å². The van der Waals surface area contributed by atoms with Gasteiger partial charge in [0.05, 0.1) is 37.3 Å². The zero-order chi connectivity index (χ0) is 20.3. The van der Waals surface area contributed by atoms with E-state index in [4.69, 9.17) is 9.05 Å². The van der Waals surface area contributed by atoms with Crippen LogP contribution in [0.3, 0.4) is 0 Å². The smallest absolute Gasteiger partial charge is 0.333 e. The average molecular weight is 430 g/mol. The average Bonchev–Trinajstić information content (AvgIpc) is 3.14. The molecule has 9 heteroatoms. The van der Waals surface area contributed by atoms with Crippen molar-refractivity contribution in [3.63, 3.8) is 0 Å². The molecule has 0 fully saturated rings. The molecule has 152 valence electrons. The van der Waals surface area contributed by atoms with Gasteiger partial charge in [0.1, 0.15) is 12.0 Å².